The number of rotatable bonds is 9. The smallest absolute Gasteiger partial charge is 0.317 e. The van der Waals surface area contributed by atoms with Crippen LogP contribution in [-0.2, 0) is 22.7 Å². The van der Waals surface area contributed by atoms with Gasteiger partial charge in [0.05, 0.1) is 13.2 Å². The number of carbonyl (C=O) groups is 1. The molecule has 0 aliphatic heterocycles. The molecule has 1 heterocycles. The number of aromatic nitrogens is 2. The van der Waals surface area contributed by atoms with Gasteiger partial charge in [0.1, 0.15) is 5.82 Å². The molecule has 0 bridgehead atoms. The molecule has 0 saturated carbocycles. The molecule has 36 heavy (non-hydrogen) atoms. The molecule has 0 aliphatic carbocycles. The summed E-state index contributed by atoms with van der Waals surface area (Å²) in [5.74, 6) is -0.343. The highest BCUT2D eigenvalue weighted by Crippen LogP contribution is 2.32. The average Bonchev–Trinajstić information content (AvgIpc) is 3.31. The lowest BCUT2D eigenvalue weighted by Gasteiger charge is -2.13. The third-order valence-corrected chi connectivity index (χ3v) is 5.64. The van der Waals surface area contributed by atoms with Crippen molar-refractivity contribution in [3.8, 4) is 34.0 Å². The Morgan fingerprint density at radius 1 is 1.06 bits per heavy atom. The summed E-state index contributed by atoms with van der Waals surface area (Å²) in [6.07, 6.45) is 0. The summed E-state index contributed by atoms with van der Waals surface area (Å²) >= 11 is 0. The van der Waals surface area contributed by atoms with Crippen LogP contribution in [0.1, 0.15) is 16.7 Å². The number of carboxylic acid groups (broad SMARTS) is 1. The number of benzene rings is 3. The topological polar surface area (TPSA) is 88.7 Å². The van der Waals surface area contributed by atoms with Crippen LogP contribution in [0.5, 0.6) is 0 Å². The summed E-state index contributed by atoms with van der Waals surface area (Å²) < 4.78 is 24.8. The number of likely N-dealkylation sites (N-methyl/N-ethyl adjacent to an activating group) is 1. The standard InChI is InChI=1S/C27H26FN3O4.ClH/c1-17-4-10-22(28)13-24(17)23-11-9-20(12-21(23)16-34-3)27-29-26(30-35-27)19-7-5-18(6-8-19)14-31(2)15-25(32)33;/h4-13H,14-16H2,1-3H3,(H,32,33);1H. The van der Waals surface area contributed by atoms with Gasteiger partial charge in [-0.2, -0.15) is 4.98 Å². The summed E-state index contributed by atoms with van der Waals surface area (Å²) in [6.45, 7) is 2.78. The average molecular weight is 512 g/mol. The van der Waals surface area contributed by atoms with Crippen molar-refractivity contribution in [2.45, 2.75) is 20.1 Å². The maximum atomic E-state index is 13.9. The first-order valence-electron chi connectivity index (χ1n) is 11.1. The van der Waals surface area contributed by atoms with Gasteiger partial charge in [0.2, 0.25) is 5.82 Å². The van der Waals surface area contributed by atoms with E-state index in [1.54, 1.807) is 25.1 Å². The highest BCUT2D eigenvalue weighted by molar-refractivity contribution is 5.85. The first-order chi connectivity index (χ1) is 16.8. The van der Waals surface area contributed by atoms with Crippen LogP contribution in [0.3, 0.4) is 0 Å². The Kier molecular flexibility index (Phi) is 8.93. The van der Waals surface area contributed by atoms with Crippen LogP contribution in [0.4, 0.5) is 4.39 Å². The van der Waals surface area contributed by atoms with Gasteiger partial charge in [-0.3, -0.25) is 9.69 Å². The first-order valence-corrected chi connectivity index (χ1v) is 11.1. The second kappa shape index (κ2) is 11.9. The van der Waals surface area contributed by atoms with Gasteiger partial charge >= 0.3 is 5.97 Å². The van der Waals surface area contributed by atoms with Gasteiger partial charge < -0.3 is 14.4 Å². The molecular formula is C27H27ClFN3O4. The van der Waals surface area contributed by atoms with E-state index in [1.807, 2.05) is 49.4 Å². The first kappa shape index (κ1) is 27.0. The minimum Gasteiger partial charge on any atom is -0.480 e. The second-order valence-corrected chi connectivity index (χ2v) is 8.45. The van der Waals surface area contributed by atoms with Crippen molar-refractivity contribution in [1.82, 2.24) is 15.0 Å². The van der Waals surface area contributed by atoms with E-state index < -0.39 is 5.97 Å². The third kappa shape index (κ3) is 6.34. The zero-order chi connectivity index (χ0) is 24.9. The molecule has 1 aromatic heterocycles. The molecular weight excluding hydrogens is 485 g/mol. The van der Waals surface area contributed by atoms with E-state index in [4.69, 9.17) is 14.4 Å². The van der Waals surface area contributed by atoms with E-state index in [-0.39, 0.29) is 24.8 Å². The molecule has 0 unspecified atom stereocenters. The van der Waals surface area contributed by atoms with Crippen molar-refractivity contribution in [1.29, 1.82) is 0 Å². The van der Waals surface area contributed by atoms with E-state index in [0.29, 0.717) is 24.9 Å². The van der Waals surface area contributed by atoms with Gasteiger partial charge in [0.25, 0.3) is 5.89 Å². The van der Waals surface area contributed by atoms with E-state index >= 15 is 0 Å². The minimum absolute atomic E-state index is 0. The molecule has 0 amide bonds. The molecule has 0 saturated heterocycles. The molecule has 4 aromatic rings. The maximum absolute atomic E-state index is 13.9. The molecule has 0 fully saturated rings. The van der Waals surface area contributed by atoms with E-state index in [1.165, 1.54) is 12.1 Å². The van der Waals surface area contributed by atoms with Gasteiger partial charge in [-0.05, 0) is 66.1 Å². The lowest BCUT2D eigenvalue weighted by atomic mass is 9.94. The number of hydrogen-bond donors (Lipinski definition) is 1. The van der Waals surface area contributed by atoms with Gasteiger partial charge in [-0.1, -0.05) is 41.6 Å². The van der Waals surface area contributed by atoms with E-state index in [0.717, 1.165) is 38.9 Å². The molecule has 1 N–H and O–H groups in total. The minimum atomic E-state index is -0.865. The molecule has 0 aliphatic rings. The molecule has 3 aromatic carbocycles. The Morgan fingerprint density at radius 2 is 1.78 bits per heavy atom. The predicted octanol–water partition coefficient (Wildman–Crippen LogP) is 5.60. The predicted molar refractivity (Wildman–Crippen MR) is 137 cm³/mol. The number of nitrogens with zero attached hydrogens (tertiary/aromatic N) is 3. The highest BCUT2D eigenvalue weighted by atomic mass is 35.5. The number of halogens is 2. The normalized spacial score (nSPS) is 10.9. The summed E-state index contributed by atoms with van der Waals surface area (Å²) in [4.78, 5) is 17.1. The van der Waals surface area contributed by atoms with Crippen molar-refractivity contribution in [2.75, 3.05) is 20.7 Å². The molecule has 0 spiro atoms. The Morgan fingerprint density at radius 3 is 2.47 bits per heavy atom. The molecule has 0 radical (unpaired) electrons. The SMILES string of the molecule is COCc1cc(-c2nc(-c3ccc(CN(C)CC(=O)O)cc3)no2)ccc1-c1cc(F)ccc1C.Cl. The lowest BCUT2D eigenvalue weighted by Crippen LogP contribution is -2.25. The van der Waals surface area contributed by atoms with Crippen LogP contribution in [0.15, 0.2) is 65.2 Å². The maximum Gasteiger partial charge on any atom is 0.317 e. The highest BCUT2D eigenvalue weighted by Gasteiger charge is 2.15. The summed E-state index contributed by atoms with van der Waals surface area (Å²) in [6, 6.07) is 18.0. The lowest BCUT2D eigenvalue weighted by molar-refractivity contribution is -0.138. The van der Waals surface area contributed by atoms with Gasteiger partial charge in [-0.15, -0.1) is 12.4 Å². The van der Waals surface area contributed by atoms with Crippen molar-refractivity contribution in [2.24, 2.45) is 0 Å². The van der Waals surface area contributed by atoms with Gasteiger partial charge in [0, 0.05) is 24.8 Å². The monoisotopic (exact) mass is 511 g/mol. The van der Waals surface area contributed by atoms with E-state index in [9.17, 15) is 9.18 Å². The van der Waals surface area contributed by atoms with Crippen LogP contribution in [-0.4, -0.2) is 46.8 Å². The molecule has 4 rings (SSSR count). The molecule has 188 valence electrons. The zero-order valence-corrected chi connectivity index (χ0v) is 21.0. The van der Waals surface area contributed by atoms with Gasteiger partial charge in [0.15, 0.2) is 0 Å². The number of aliphatic carboxylic acids is 1. The fourth-order valence-corrected chi connectivity index (χ4v) is 3.96. The fourth-order valence-electron chi connectivity index (χ4n) is 3.96. The Balaban J connectivity index is 0.00000361. The number of hydrogen-bond acceptors (Lipinski definition) is 6. The van der Waals surface area contributed by atoms with Crippen LogP contribution in [0.25, 0.3) is 34.0 Å². The van der Waals surface area contributed by atoms with Crippen molar-refractivity contribution in [3.05, 3.63) is 83.2 Å². The molecule has 0 atom stereocenters. The van der Waals surface area contributed by atoms with E-state index in [2.05, 4.69) is 10.1 Å². The van der Waals surface area contributed by atoms with Crippen LogP contribution in [0, 0.1) is 12.7 Å². The quantitative estimate of drug-likeness (QED) is 0.313. The molecule has 9 heteroatoms. The van der Waals surface area contributed by atoms with Crippen molar-refractivity contribution in [3.63, 3.8) is 0 Å². The van der Waals surface area contributed by atoms with Crippen LogP contribution >= 0.6 is 12.4 Å². The third-order valence-electron chi connectivity index (χ3n) is 5.64. The van der Waals surface area contributed by atoms with Crippen molar-refractivity contribution < 1.29 is 23.6 Å². The number of ether oxygens (including phenoxy) is 1. The number of aryl methyl sites for hydroxylation is 1. The van der Waals surface area contributed by atoms with Crippen LogP contribution in [0.2, 0.25) is 0 Å². The number of carboxylic acids is 1. The summed E-state index contributed by atoms with van der Waals surface area (Å²) in [5, 5.41) is 13.0. The largest absolute Gasteiger partial charge is 0.480 e. The Hall–Kier alpha value is -3.59. The molecule has 7 nitrogen and oxygen atoms in total. The summed E-state index contributed by atoms with van der Waals surface area (Å²) in [5.41, 5.74) is 6.05. The Bertz CT molecular complexity index is 1340. The fraction of sp³-hybridized carbons (Fsp3) is 0.222. The van der Waals surface area contributed by atoms with Gasteiger partial charge in [-0.25, -0.2) is 4.39 Å². The number of methoxy groups -OCH3 is 1. The van der Waals surface area contributed by atoms with Crippen LogP contribution < -0.4 is 0 Å². The summed E-state index contributed by atoms with van der Waals surface area (Å²) in [7, 11) is 3.37. The zero-order valence-electron chi connectivity index (χ0n) is 20.2. The van der Waals surface area contributed by atoms with Crippen molar-refractivity contribution >= 4 is 18.4 Å². The Labute approximate surface area is 214 Å². The second-order valence-electron chi connectivity index (χ2n) is 8.45.